The van der Waals surface area contributed by atoms with E-state index >= 15 is 0 Å². The molecule has 1 aliphatic rings. The summed E-state index contributed by atoms with van der Waals surface area (Å²) < 4.78 is 5.31. The topological polar surface area (TPSA) is 78.9 Å². The summed E-state index contributed by atoms with van der Waals surface area (Å²) in [6, 6.07) is 5.51. The van der Waals surface area contributed by atoms with Gasteiger partial charge in [0.15, 0.2) is 6.61 Å². The number of carboxylic acid groups (broad SMARTS) is 1. The Morgan fingerprint density at radius 1 is 1.53 bits per heavy atom. The van der Waals surface area contributed by atoms with Crippen LogP contribution in [0.1, 0.15) is 5.56 Å². The number of hydrogen-bond acceptors (Lipinski definition) is 4. The van der Waals surface area contributed by atoms with Gasteiger partial charge in [-0.05, 0) is 37.7 Å². The van der Waals surface area contributed by atoms with Crippen molar-refractivity contribution in [1.29, 1.82) is 0 Å². The van der Waals surface area contributed by atoms with Gasteiger partial charge in [-0.15, -0.1) is 0 Å². The molecule has 0 fully saturated rings. The minimum Gasteiger partial charge on any atom is -0.482 e. The van der Waals surface area contributed by atoms with Crippen LogP contribution in [0.25, 0.3) is 0 Å². The average Bonchev–Trinajstić information content (AvgIpc) is 2.39. The maximum Gasteiger partial charge on any atom is 0.323 e. The highest BCUT2D eigenvalue weighted by Gasteiger charge is 2.27. The molecule has 0 saturated heterocycles. The summed E-state index contributed by atoms with van der Waals surface area (Å²) in [5, 5.41) is 11.9. The second-order valence-electron chi connectivity index (χ2n) is 4.32. The fourth-order valence-corrected chi connectivity index (χ4v) is 1.98. The molecule has 6 heteroatoms. The Morgan fingerprint density at radius 3 is 3.00 bits per heavy atom. The van der Waals surface area contributed by atoms with Crippen LogP contribution in [-0.4, -0.2) is 43.7 Å². The number of likely N-dealkylation sites (N-methyl/N-ethyl adjacent to an activating group) is 1. The zero-order valence-corrected chi connectivity index (χ0v) is 10.7. The van der Waals surface area contributed by atoms with Crippen LogP contribution in [0, 0.1) is 0 Å². The van der Waals surface area contributed by atoms with E-state index in [-0.39, 0.29) is 19.1 Å². The Hall–Kier alpha value is -2.08. The average molecular weight is 264 g/mol. The second-order valence-corrected chi connectivity index (χ2v) is 4.32. The van der Waals surface area contributed by atoms with Crippen LogP contribution in [0.5, 0.6) is 5.75 Å². The van der Waals surface area contributed by atoms with Gasteiger partial charge < -0.3 is 15.2 Å². The van der Waals surface area contributed by atoms with Crippen LogP contribution in [0.4, 0.5) is 5.69 Å². The van der Waals surface area contributed by atoms with Gasteiger partial charge in [0, 0.05) is 0 Å². The van der Waals surface area contributed by atoms with Crippen LogP contribution in [0.2, 0.25) is 0 Å². The molecule has 19 heavy (non-hydrogen) atoms. The van der Waals surface area contributed by atoms with Crippen LogP contribution in [-0.2, 0) is 16.0 Å². The molecule has 1 heterocycles. The minimum absolute atomic E-state index is 0.115. The molecule has 1 aromatic rings. The normalized spacial score (nSPS) is 13.9. The van der Waals surface area contributed by atoms with E-state index in [9.17, 15) is 9.59 Å². The molecule has 1 aliphatic heterocycles. The highest BCUT2D eigenvalue weighted by molar-refractivity contribution is 6.01. The molecule has 1 amide bonds. The third kappa shape index (κ3) is 3.03. The second kappa shape index (κ2) is 5.71. The number of carbonyl (C=O) groups excluding carboxylic acids is 1. The van der Waals surface area contributed by atoms with Gasteiger partial charge in [0.2, 0.25) is 0 Å². The van der Waals surface area contributed by atoms with E-state index in [4.69, 9.17) is 9.84 Å². The largest absolute Gasteiger partial charge is 0.482 e. The molecule has 6 nitrogen and oxygen atoms in total. The van der Waals surface area contributed by atoms with E-state index in [0.717, 1.165) is 18.5 Å². The molecule has 2 rings (SSSR count). The van der Waals surface area contributed by atoms with Crippen molar-refractivity contribution >= 4 is 17.6 Å². The number of carbonyl (C=O) groups is 2. The highest BCUT2D eigenvalue weighted by atomic mass is 16.5. The van der Waals surface area contributed by atoms with Crippen molar-refractivity contribution < 1.29 is 19.4 Å². The number of ether oxygens (including phenoxy) is 1. The number of rotatable bonds is 5. The third-order valence-corrected chi connectivity index (χ3v) is 2.92. The van der Waals surface area contributed by atoms with E-state index in [1.807, 2.05) is 19.2 Å². The molecule has 0 unspecified atom stereocenters. The summed E-state index contributed by atoms with van der Waals surface area (Å²) >= 11 is 0. The predicted molar refractivity (Wildman–Crippen MR) is 69.6 cm³/mol. The van der Waals surface area contributed by atoms with Crippen molar-refractivity contribution in [2.75, 3.05) is 31.6 Å². The Bertz CT molecular complexity index is 501. The first-order chi connectivity index (χ1) is 9.11. The summed E-state index contributed by atoms with van der Waals surface area (Å²) in [6.07, 6.45) is 0.804. The van der Waals surface area contributed by atoms with E-state index in [1.165, 1.54) is 4.90 Å². The zero-order chi connectivity index (χ0) is 13.8. The first kappa shape index (κ1) is 13.4. The van der Waals surface area contributed by atoms with Gasteiger partial charge >= 0.3 is 5.97 Å². The predicted octanol–water partition coefficient (Wildman–Crippen LogP) is 0.258. The van der Waals surface area contributed by atoms with Crippen LogP contribution >= 0.6 is 0 Å². The van der Waals surface area contributed by atoms with Crippen molar-refractivity contribution in [3.63, 3.8) is 0 Å². The van der Waals surface area contributed by atoms with Crippen molar-refractivity contribution in [2.45, 2.75) is 6.42 Å². The summed E-state index contributed by atoms with van der Waals surface area (Å²) in [5.41, 5.74) is 1.56. The van der Waals surface area contributed by atoms with Crippen LogP contribution in [0.15, 0.2) is 18.2 Å². The summed E-state index contributed by atoms with van der Waals surface area (Å²) in [6.45, 7) is 0.355. The van der Waals surface area contributed by atoms with Crippen LogP contribution < -0.4 is 15.0 Å². The standard InChI is InChI=1S/C13H16N2O4/c1-14-5-4-9-2-3-11-10(6-9)15(7-13(17)18)12(16)8-19-11/h2-3,6,14H,4-5,7-8H2,1H3,(H,17,18). The van der Waals surface area contributed by atoms with Crippen molar-refractivity contribution in [3.05, 3.63) is 23.8 Å². The molecule has 0 saturated carbocycles. The number of hydrogen-bond donors (Lipinski definition) is 2. The first-order valence-corrected chi connectivity index (χ1v) is 6.04. The van der Waals surface area contributed by atoms with Gasteiger partial charge in [0.25, 0.3) is 5.91 Å². The monoisotopic (exact) mass is 264 g/mol. The number of nitrogens with one attached hydrogen (secondary N) is 1. The van der Waals surface area contributed by atoms with E-state index in [2.05, 4.69) is 5.32 Å². The highest BCUT2D eigenvalue weighted by Crippen LogP contribution is 2.32. The molecule has 2 N–H and O–H groups in total. The SMILES string of the molecule is CNCCc1ccc2c(c1)N(CC(=O)O)C(=O)CO2. The molecule has 0 atom stereocenters. The zero-order valence-electron chi connectivity index (χ0n) is 10.7. The van der Waals surface area contributed by atoms with E-state index in [0.29, 0.717) is 11.4 Å². The fourth-order valence-electron chi connectivity index (χ4n) is 1.98. The molecule has 0 aromatic heterocycles. The molecular formula is C13H16N2O4. The first-order valence-electron chi connectivity index (χ1n) is 6.04. The lowest BCUT2D eigenvalue weighted by molar-refractivity contribution is -0.137. The smallest absolute Gasteiger partial charge is 0.323 e. The van der Waals surface area contributed by atoms with Crippen LogP contribution in [0.3, 0.4) is 0 Å². The number of aliphatic carboxylic acids is 1. The summed E-state index contributed by atoms with van der Waals surface area (Å²) in [4.78, 5) is 23.8. The van der Waals surface area contributed by atoms with Gasteiger partial charge in [0.05, 0.1) is 5.69 Å². The van der Waals surface area contributed by atoms with E-state index in [1.54, 1.807) is 6.07 Å². The number of benzene rings is 1. The Morgan fingerprint density at radius 2 is 2.32 bits per heavy atom. The number of carboxylic acids is 1. The quantitative estimate of drug-likeness (QED) is 0.797. The summed E-state index contributed by atoms with van der Waals surface area (Å²) in [5.74, 6) is -0.823. The Labute approximate surface area is 111 Å². The lowest BCUT2D eigenvalue weighted by Crippen LogP contribution is -2.42. The summed E-state index contributed by atoms with van der Waals surface area (Å²) in [7, 11) is 1.86. The third-order valence-electron chi connectivity index (χ3n) is 2.92. The molecule has 1 aromatic carbocycles. The molecule has 0 aliphatic carbocycles. The lowest BCUT2D eigenvalue weighted by Gasteiger charge is -2.28. The number of nitrogens with zero attached hydrogens (tertiary/aromatic N) is 1. The molecular weight excluding hydrogens is 248 g/mol. The van der Waals surface area contributed by atoms with Gasteiger partial charge in [-0.2, -0.15) is 0 Å². The maximum atomic E-state index is 11.7. The number of amides is 1. The molecule has 0 bridgehead atoms. The molecule has 0 radical (unpaired) electrons. The van der Waals surface area contributed by atoms with Gasteiger partial charge in [-0.25, -0.2) is 0 Å². The fraction of sp³-hybridized carbons (Fsp3) is 0.385. The van der Waals surface area contributed by atoms with Gasteiger partial charge in [0.1, 0.15) is 12.3 Å². The van der Waals surface area contributed by atoms with Gasteiger partial charge in [-0.1, -0.05) is 6.07 Å². The molecule has 0 spiro atoms. The van der Waals surface area contributed by atoms with E-state index < -0.39 is 5.97 Å². The maximum absolute atomic E-state index is 11.7. The van der Waals surface area contributed by atoms with Crippen molar-refractivity contribution in [3.8, 4) is 5.75 Å². The Kier molecular flexibility index (Phi) is 4.01. The molecule has 102 valence electrons. The van der Waals surface area contributed by atoms with Crippen molar-refractivity contribution in [2.24, 2.45) is 0 Å². The Balaban J connectivity index is 2.29. The number of anilines is 1. The lowest BCUT2D eigenvalue weighted by atomic mass is 10.1. The van der Waals surface area contributed by atoms with Gasteiger partial charge in [-0.3, -0.25) is 14.5 Å². The minimum atomic E-state index is -1.04. The number of fused-ring (bicyclic) bond motifs is 1. The van der Waals surface area contributed by atoms with Crippen molar-refractivity contribution in [1.82, 2.24) is 5.32 Å².